The third kappa shape index (κ3) is 2.66. The van der Waals surface area contributed by atoms with E-state index in [1.54, 1.807) is 29.2 Å². The summed E-state index contributed by atoms with van der Waals surface area (Å²) in [5.41, 5.74) is 1.47. The van der Waals surface area contributed by atoms with Gasteiger partial charge in [-0.25, -0.2) is 4.79 Å². The number of rotatable bonds is 3. The third-order valence-electron chi connectivity index (χ3n) is 5.38. The van der Waals surface area contributed by atoms with E-state index in [1.807, 2.05) is 0 Å². The van der Waals surface area contributed by atoms with Crippen molar-refractivity contribution in [2.75, 3.05) is 23.4 Å². The molecule has 0 radical (unpaired) electrons. The molecule has 2 bridgehead atoms. The summed E-state index contributed by atoms with van der Waals surface area (Å²) in [5, 5.41) is 2.94. The standard InChI is InChI=1S/C18H20N2O4/c21-16-11-1-2-12(16)10-13(9-11)17(22)19-14-3-5-15(6-4-14)20-7-8-24-18(20)23/h3-6,11-13H,1-2,7-10H2,(H,19,22). The molecular weight excluding hydrogens is 308 g/mol. The number of nitrogens with zero attached hydrogens (tertiary/aromatic N) is 1. The summed E-state index contributed by atoms with van der Waals surface area (Å²) in [6.07, 6.45) is 2.90. The molecule has 1 aromatic rings. The van der Waals surface area contributed by atoms with Gasteiger partial charge in [-0.3, -0.25) is 14.5 Å². The van der Waals surface area contributed by atoms with E-state index in [1.165, 1.54) is 0 Å². The van der Waals surface area contributed by atoms with Crippen molar-refractivity contribution in [3.63, 3.8) is 0 Å². The van der Waals surface area contributed by atoms with Crippen LogP contribution in [0, 0.1) is 17.8 Å². The quantitative estimate of drug-likeness (QED) is 0.925. The van der Waals surface area contributed by atoms with Crippen LogP contribution < -0.4 is 10.2 Å². The molecule has 2 atom stereocenters. The van der Waals surface area contributed by atoms with Crippen molar-refractivity contribution in [3.8, 4) is 0 Å². The molecule has 0 aromatic heterocycles. The number of benzene rings is 1. The number of carbonyl (C=O) groups is 3. The van der Waals surface area contributed by atoms with Crippen LogP contribution in [-0.2, 0) is 14.3 Å². The van der Waals surface area contributed by atoms with Crippen LogP contribution >= 0.6 is 0 Å². The Morgan fingerprint density at radius 3 is 2.33 bits per heavy atom. The third-order valence-corrected chi connectivity index (χ3v) is 5.38. The molecule has 2 amide bonds. The summed E-state index contributed by atoms with van der Waals surface area (Å²) >= 11 is 0. The van der Waals surface area contributed by atoms with Gasteiger partial charge in [-0.15, -0.1) is 0 Å². The van der Waals surface area contributed by atoms with Crippen LogP contribution in [-0.4, -0.2) is 30.9 Å². The van der Waals surface area contributed by atoms with E-state index in [4.69, 9.17) is 4.74 Å². The number of nitrogens with one attached hydrogen (secondary N) is 1. The fourth-order valence-electron chi connectivity index (χ4n) is 4.08. The molecule has 1 heterocycles. The second-order valence-electron chi connectivity index (χ2n) is 6.84. The van der Waals surface area contributed by atoms with Gasteiger partial charge < -0.3 is 10.1 Å². The molecule has 6 heteroatoms. The van der Waals surface area contributed by atoms with Crippen molar-refractivity contribution in [3.05, 3.63) is 24.3 Å². The van der Waals surface area contributed by atoms with Crippen LogP contribution in [0.25, 0.3) is 0 Å². The lowest BCUT2D eigenvalue weighted by molar-refractivity contribution is -0.130. The summed E-state index contributed by atoms with van der Waals surface area (Å²) < 4.78 is 4.92. The van der Waals surface area contributed by atoms with Crippen molar-refractivity contribution in [2.45, 2.75) is 25.7 Å². The van der Waals surface area contributed by atoms with Crippen LogP contribution in [0.5, 0.6) is 0 Å². The molecule has 0 spiro atoms. The second-order valence-corrected chi connectivity index (χ2v) is 6.84. The maximum atomic E-state index is 12.5. The maximum Gasteiger partial charge on any atom is 0.414 e. The number of hydrogen-bond acceptors (Lipinski definition) is 4. The predicted molar refractivity (Wildman–Crippen MR) is 87.7 cm³/mol. The van der Waals surface area contributed by atoms with Gasteiger partial charge in [-0.05, 0) is 49.9 Å². The van der Waals surface area contributed by atoms with Crippen LogP contribution in [0.4, 0.5) is 16.2 Å². The minimum atomic E-state index is -0.339. The largest absolute Gasteiger partial charge is 0.447 e. The normalized spacial score (nSPS) is 28.8. The average Bonchev–Trinajstić information content (AvgIpc) is 3.06. The monoisotopic (exact) mass is 328 g/mol. The summed E-state index contributed by atoms with van der Waals surface area (Å²) in [6.45, 7) is 0.948. The fourth-order valence-corrected chi connectivity index (χ4v) is 4.08. The Kier molecular flexibility index (Phi) is 3.75. The average molecular weight is 328 g/mol. The van der Waals surface area contributed by atoms with E-state index in [-0.39, 0.29) is 29.8 Å². The van der Waals surface area contributed by atoms with Crippen molar-refractivity contribution in [2.24, 2.45) is 17.8 Å². The van der Waals surface area contributed by atoms with Gasteiger partial charge in [0.05, 0.1) is 6.54 Å². The van der Waals surface area contributed by atoms with E-state index in [9.17, 15) is 14.4 Å². The smallest absolute Gasteiger partial charge is 0.414 e. The van der Waals surface area contributed by atoms with Crippen molar-refractivity contribution in [1.29, 1.82) is 0 Å². The first-order chi connectivity index (χ1) is 11.6. The van der Waals surface area contributed by atoms with Gasteiger partial charge >= 0.3 is 6.09 Å². The van der Waals surface area contributed by atoms with Crippen molar-refractivity contribution in [1.82, 2.24) is 0 Å². The summed E-state index contributed by atoms with van der Waals surface area (Å²) in [6, 6.07) is 7.19. The van der Waals surface area contributed by atoms with E-state index < -0.39 is 0 Å². The first-order valence-electron chi connectivity index (χ1n) is 8.51. The molecule has 1 N–H and O–H groups in total. The predicted octanol–water partition coefficient (Wildman–Crippen LogP) is 2.59. The van der Waals surface area contributed by atoms with E-state index in [0.717, 1.165) is 18.5 Å². The second kappa shape index (κ2) is 5.92. The zero-order valence-electron chi connectivity index (χ0n) is 13.4. The number of Topliss-reactive ketones (excluding diaryl/α,β-unsaturated/α-hetero) is 1. The highest BCUT2D eigenvalue weighted by atomic mass is 16.6. The Hall–Kier alpha value is -2.37. The molecule has 4 rings (SSSR count). The number of cyclic esters (lactones) is 1. The van der Waals surface area contributed by atoms with E-state index >= 15 is 0 Å². The zero-order valence-corrected chi connectivity index (χ0v) is 13.4. The van der Waals surface area contributed by atoms with Gasteiger partial charge in [0.2, 0.25) is 5.91 Å². The molecule has 3 fully saturated rings. The summed E-state index contributed by atoms with van der Waals surface area (Å²) in [4.78, 5) is 37.5. The van der Waals surface area contributed by atoms with Gasteiger partial charge in [0.1, 0.15) is 12.4 Å². The van der Waals surface area contributed by atoms with Gasteiger partial charge in [-0.2, -0.15) is 0 Å². The molecule has 1 aliphatic heterocycles. The van der Waals surface area contributed by atoms with Gasteiger partial charge in [0.25, 0.3) is 0 Å². The lowest BCUT2D eigenvalue weighted by Gasteiger charge is -2.25. The van der Waals surface area contributed by atoms with Crippen molar-refractivity contribution < 1.29 is 19.1 Å². The number of fused-ring (bicyclic) bond motifs is 2. The highest BCUT2D eigenvalue weighted by molar-refractivity contribution is 5.96. The van der Waals surface area contributed by atoms with Crippen LogP contribution in [0.3, 0.4) is 0 Å². The number of anilines is 2. The molecule has 2 aliphatic carbocycles. The maximum absolute atomic E-state index is 12.5. The highest BCUT2D eigenvalue weighted by Crippen LogP contribution is 2.42. The highest BCUT2D eigenvalue weighted by Gasteiger charge is 2.43. The fraction of sp³-hybridized carbons (Fsp3) is 0.500. The molecule has 2 saturated carbocycles. The Bertz CT molecular complexity index is 669. The number of amides is 2. The molecule has 1 saturated heterocycles. The zero-order chi connectivity index (χ0) is 16.7. The SMILES string of the molecule is O=C(Nc1ccc(N2CCOC2=O)cc1)C1CC2CCC(C1)C2=O. The Morgan fingerprint density at radius 2 is 1.75 bits per heavy atom. The summed E-state index contributed by atoms with van der Waals surface area (Å²) in [5.74, 6) is 0.452. The number of carbonyl (C=O) groups excluding carboxylic acids is 3. The Balaban J connectivity index is 1.39. The van der Waals surface area contributed by atoms with Crippen LogP contribution in [0.15, 0.2) is 24.3 Å². The molecular formula is C18H20N2O4. The van der Waals surface area contributed by atoms with Gasteiger partial charge in [0, 0.05) is 29.1 Å². The molecule has 24 heavy (non-hydrogen) atoms. The van der Waals surface area contributed by atoms with E-state index in [0.29, 0.717) is 37.5 Å². The van der Waals surface area contributed by atoms with Gasteiger partial charge in [0.15, 0.2) is 0 Å². The molecule has 1 aromatic carbocycles. The Morgan fingerprint density at radius 1 is 1.08 bits per heavy atom. The summed E-state index contributed by atoms with van der Waals surface area (Å²) in [7, 11) is 0. The van der Waals surface area contributed by atoms with Gasteiger partial charge in [-0.1, -0.05) is 0 Å². The lowest BCUT2D eigenvalue weighted by Crippen LogP contribution is -2.33. The molecule has 2 unspecified atom stereocenters. The number of ether oxygens (including phenoxy) is 1. The van der Waals surface area contributed by atoms with Crippen molar-refractivity contribution >= 4 is 29.2 Å². The minimum absolute atomic E-state index is 0.00673. The lowest BCUT2D eigenvalue weighted by atomic mass is 9.79. The van der Waals surface area contributed by atoms with Crippen LogP contribution in [0.1, 0.15) is 25.7 Å². The number of ketones is 1. The van der Waals surface area contributed by atoms with Crippen LogP contribution in [0.2, 0.25) is 0 Å². The first-order valence-corrected chi connectivity index (χ1v) is 8.51. The molecule has 6 nitrogen and oxygen atoms in total. The molecule has 3 aliphatic rings. The van der Waals surface area contributed by atoms with E-state index in [2.05, 4.69) is 5.32 Å². The topological polar surface area (TPSA) is 75.7 Å². The number of hydrogen-bond donors (Lipinski definition) is 1. The Labute approximate surface area is 140 Å². The molecule has 126 valence electrons. The minimum Gasteiger partial charge on any atom is -0.447 e. The first kappa shape index (κ1) is 15.2.